The standard InChI is InChI=1S/2C23H25.C3H6.2ClH.Ti/c2*1-2-17-11-13-19(14-12-17)22-10-6-9-20-15-21(16-23(20)22)18-7-4-3-5-8-18;1-3-2;;;/h2*6,9-16,18H,2-5,7-8H2,1H3;1-3H2;2*1H;/q;;;;;+2/p-2. The fraction of sp³-hybridized carbons (Fsp3) is 0.429. The van der Waals surface area contributed by atoms with Crippen LogP contribution >= 0.6 is 0 Å². The molecular formula is C49H56Cl2Ti. The molecule has 0 nitrogen and oxygen atoms in total. The summed E-state index contributed by atoms with van der Waals surface area (Å²) in [6, 6.07) is 34.0. The fourth-order valence-corrected chi connectivity index (χ4v) is 21.3. The molecule has 2 unspecified atom stereocenters. The van der Waals surface area contributed by atoms with E-state index in [0.717, 1.165) is 24.7 Å². The van der Waals surface area contributed by atoms with Crippen LogP contribution in [0.4, 0.5) is 0 Å². The summed E-state index contributed by atoms with van der Waals surface area (Å²) < 4.78 is 4.47. The molecule has 9 rings (SSSR count). The molecule has 4 aromatic carbocycles. The van der Waals surface area contributed by atoms with Crippen molar-refractivity contribution in [1.29, 1.82) is 0 Å². The van der Waals surface area contributed by atoms with Crippen molar-refractivity contribution in [2.45, 2.75) is 115 Å². The Bertz CT molecular complexity index is 1780. The molecule has 52 heavy (non-hydrogen) atoms. The van der Waals surface area contributed by atoms with Gasteiger partial charge in [0.15, 0.2) is 0 Å². The van der Waals surface area contributed by atoms with Crippen molar-refractivity contribution in [1.82, 2.24) is 0 Å². The van der Waals surface area contributed by atoms with Crippen molar-refractivity contribution >= 4 is 12.2 Å². The fourth-order valence-electron chi connectivity index (χ4n) is 11.4. The van der Waals surface area contributed by atoms with Crippen LogP contribution in [0.15, 0.2) is 96.1 Å². The van der Waals surface area contributed by atoms with Gasteiger partial charge in [0, 0.05) is 0 Å². The predicted molar refractivity (Wildman–Crippen MR) is 211 cm³/mol. The second kappa shape index (κ2) is 16.2. The van der Waals surface area contributed by atoms with Crippen molar-refractivity contribution in [3.63, 3.8) is 0 Å². The minimum absolute atomic E-state index is 0. The van der Waals surface area contributed by atoms with E-state index < -0.39 is 16.6 Å². The van der Waals surface area contributed by atoms with E-state index >= 15 is 0 Å². The molecule has 1 aliphatic heterocycles. The summed E-state index contributed by atoms with van der Waals surface area (Å²) in [6.07, 6.45) is 23.4. The third-order valence-corrected chi connectivity index (χ3v) is 23.7. The number of halogens is 2. The predicted octanol–water partition coefficient (Wildman–Crippen LogP) is 8.28. The van der Waals surface area contributed by atoms with Gasteiger partial charge in [0.05, 0.1) is 0 Å². The first-order chi connectivity index (χ1) is 24.7. The molecule has 1 heterocycles. The van der Waals surface area contributed by atoms with Crippen LogP contribution in [0, 0.1) is 11.8 Å². The maximum Gasteiger partial charge on any atom is -1.00 e. The van der Waals surface area contributed by atoms with Crippen molar-refractivity contribution in [3.8, 4) is 22.3 Å². The monoisotopic (exact) mass is 762 g/mol. The molecule has 4 aromatic rings. The van der Waals surface area contributed by atoms with Crippen LogP contribution in [0.25, 0.3) is 34.4 Å². The zero-order chi connectivity index (χ0) is 33.7. The number of rotatable bonds is 8. The molecule has 3 heteroatoms. The zero-order valence-electron chi connectivity index (χ0n) is 31.4. The number of aryl methyl sites for hydroxylation is 2. The van der Waals surface area contributed by atoms with E-state index in [1.54, 1.807) is 22.3 Å². The third kappa shape index (κ3) is 6.57. The molecular weight excluding hydrogens is 707 g/mol. The molecule has 3 fully saturated rings. The molecule has 1 saturated heterocycles. The summed E-state index contributed by atoms with van der Waals surface area (Å²) in [5, 5.41) is 0. The van der Waals surface area contributed by atoms with Gasteiger partial charge in [0.2, 0.25) is 0 Å². The second-order valence-corrected chi connectivity index (χ2v) is 23.8. The first-order valence-electron chi connectivity index (χ1n) is 20.6. The van der Waals surface area contributed by atoms with E-state index in [2.05, 4.69) is 111 Å². The van der Waals surface area contributed by atoms with Crippen molar-refractivity contribution < 1.29 is 41.4 Å². The first-order valence-corrected chi connectivity index (χ1v) is 24.6. The summed E-state index contributed by atoms with van der Waals surface area (Å²) in [5.74, 6) is 1.54. The van der Waals surface area contributed by atoms with Crippen LogP contribution in [0.2, 0.25) is 9.45 Å². The van der Waals surface area contributed by atoms with Gasteiger partial charge in [-0.3, -0.25) is 0 Å². The summed E-state index contributed by atoms with van der Waals surface area (Å²) in [4.78, 5) is 0. The normalized spacial score (nSPS) is 21.7. The van der Waals surface area contributed by atoms with Crippen LogP contribution in [0.1, 0.15) is 126 Å². The molecule has 0 amide bonds. The quantitative estimate of drug-likeness (QED) is 0.159. The van der Waals surface area contributed by atoms with Crippen molar-refractivity contribution in [3.05, 3.63) is 129 Å². The summed E-state index contributed by atoms with van der Waals surface area (Å²) in [7, 11) is 0. The summed E-state index contributed by atoms with van der Waals surface area (Å²) >= 11 is -2.63. The van der Waals surface area contributed by atoms with Gasteiger partial charge >= 0.3 is 308 Å². The van der Waals surface area contributed by atoms with Gasteiger partial charge in [-0.15, -0.1) is 0 Å². The summed E-state index contributed by atoms with van der Waals surface area (Å²) in [6.45, 7) is 4.54. The third-order valence-electron chi connectivity index (χ3n) is 14.1. The molecule has 4 aliphatic carbocycles. The Kier molecular flexibility index (Phi) is 11.8. The van der Waals surface area contributed by atoms with E-state index in [4.69, 9.17) is 0 Å². The van der Waals surface area contributed by atoms with E-state index in [1.165, 1.54) is 113 Å². The average molecular weight is 764 g/mol. The number of hydrogen-bond acceptors (Lipinski definition) is 0. The van der Waals surface area contributed by atoms with E-state index in [-0.39, 0.29) is 24.8 Å². The SMILES string of the molecule is CCc1ccc(-c2cccc3c2C=C(C2CCCCC2)[CH]3[Ti+2]2([CH]3C(C4CCCCC4)=Cc4c(-c5ccc(CC)cc5)cccc43)[CH2]C[CH2]2)cc1.[Cl-].[Cl-]. The largest absolute Gasteiger partial charge is 1.00 e. The van der Waals surface area contributed by atoms with Crippen LogP contribution in [-0.2, 0) is 29.4 Å². The van der Waals surface area contributed by atoms with Gasteiger partial charge in [-0.05, 0) is 0 Å². The first kappa shape index (κ1) is 37.9. The van der Waals surface area contributed by atoms with Crippen LogP contribution < -0.4 is 24.8 Å². The molecule has 2 atom stereocenters. The minimum atomic E-state index is -2.63. The second-order valence-electron chi connectivity index (χ2n) is 16.6. The number of fused-ring (bicyclic) bond motifs is 2. The molecule has 5 aliphatic rings. The van der Waals surface area contributed by atoms with E-state index in [0.29, 0.717) is 8.45 Å². The van der Waals surface area contributed by atoms with Crippen molar-refractivity contribution in [2.24, 2.45) is 11.8 Å². The zero-order valence-corrected chi connectivity index (χ0v) is 34.5. The minimum Gasteiger partial charge on any atom is -1.00 e. The maximum atomic E-state index is 2.80. The van der Waals surface area contributed by atoms with Crippen LogP contribution in [-0.4, -0.2) is 0 Å². The smallest absolute Gasteiger partial charge is 1.00 e. The number of allylic oxidation sites excluding steroid dienone is 2. The van der Waals surface area contributed by atoms with Gasteiger partial charge < -0.3 is 24.8 Å². The molecule has 0 spiro atoms. The van der Waals surface area contributed by atoms with Crippen LogP contribution in [0.3, 0.4) is 0 Å². The Hall–Kier alpha value is -2.35. The van der Waals surface area contributed by atoms with Crippen LogP contribution in [0.5, 0.6) is 0 Å². The van der Waals surface area contributed by atoms with Gasteiger partial charge in [-0.2, -0.15) is 0 Å². The van der Waals surface area contributed by atoms with Gasteiger partial charge in [0.25, 0.3) is 0 Å². The van der Waals surface area contributed by atoms with Gasteiger partial charge in [-0.25, -0.2) is 0 Å². The van der Waals surface area contributed by atoms with Gasteiger partial charge in [-0.1, -0.05) is 0 Å². The Labute approximate surface area is 330 Å². The van der Waals surface area contributed by atoms with Gasteiger partial charge in [0.1, 0.15) is 0 Å². The molecule has 0 radical (unpaired) electrons. The molecule has 0 aromatic heterocycles. The molecule has 270 valence electrons. The maximum absolute atomic E-state index is 2.80. The van der Waals surface area contributed by atoms with E-state index in [1.807, 2.05) is 11.1 Å². The average Bonchev–Trinajstić information content (AvgIpc) is 3.76. The molecule has 2 saturated carbocycles. The number of benzene rings is 4. The summed E-state index contributed by atoms with van der Waals surface area (Å²) in [5.41, 5.74) is 19.0. The van der Waals surface area contributed by atoms with E-state index in [9.17, 15) is 0 Å². The topological polar surface area (TPSA) is 0 Å². The molecule has 0 N–H and O–H groups in total. The molecule has 0 bridgehead atoms. The Morgan fingerprint density at radius 2 is 0.885 bits per heavy atom. The van der Waals surface area contributed by atoms with Crippen molar-refractivity contribution in [2.75, 3.05) is 0 Å². The Balaban J connectivity index is 0.00000210. The Morgan fingerprint density at radius 3 is 1.23 bits per heavy atom. The Morgan fingerprint density at radius 1 is 0.481 bits per heavy atom. The number of hydrogen-bond donors (Lipinski definition) is 0.